The molecule has 0 saturated heterocycles. The maximum Gasteiger partial charge on any atom is 1.00 e. The van der Waals surface area contributed by atoms with Crippen LogP contribution >= 0.6 is 0 Å². The summed E-state index contributed by atoms with van der Waals surface area (Å²) in [5.74, 6) is -0.905. The van der Waals surface area contributed by atoms with Gasteiger partial charge in [-0.3, -0.25) is 0 Å². The summed E-state index contributed by atoms with van der Waals surface area (Å²) in [7, 11) is 0. The van der Waals surface area contributed by atoms with Crippen LogP contribution in [0.5, 0.6) is 0 Å². The van der Waals surface area contributed by atoms with Gasteiger partial charge in [-0.25, -0.2) is 0 Å². The van der Waals surface area contributed by atoms with Crippen molar-refractivity contribution in [3.63, 3.8) is 0 Å². The second-order valence-corrected chi connectivity index (χ2v) is 11.6. The standard InChI is InChI=1S/C33H67NO2.Na/c1-4-6-8-10-12-14-16-18-20-22-24-26-30-34(32(3)28-29-33(35)36)31-27-25-23-21-19-17-15-13-11-9-7-5-2;/h32H,4-31H2,1-3H3,(H,35,36);/q;+1/p-1. The molecule has 0 aromatic carbocycles. The van der Waals surface area contributed by atoms with Gasteiger partial charge in [0.05, 0.1) is 0 Å². The van der Waals surface area contributed by atoms with Crippen molar-refractivity contribution in [3.05, 3.63) is 0 Å². The smallest absolute Gasteiger partial charge is 0.550 e. The number of nitrogens with zero attached hydrogens (tertiary/aromatic N) is 1. The third kappa shape index (κ3) is 30.8. The van der Waals surface area contributed by atoms with Gasteiger partial charge in [-0.15, -0.1) is 0 Å². The van der Waals surface area contributed by atoms with E-state index in [2.05, 4.69) is 25.7 Å². The molecule has 0 fully saturated rings. The fourth-order valence-electron chi connectivity index (χ4n) is 5.37. The fourth-order valence-corrected chi connectivity index (χ4v) is 5.37. The number of carbonyl (C=O) groups excluding carboxylic acids is 1. The number of hydrogen-bond donors (Lipinski definition) is 0. The molecule has 37 heavy (non-hydrogen) atoms. The van der Waals surface area contributed by atoms with Gasteiger partial charge in [0.2, 0.25) is 0 Å². The van der Waals surface area contributed by atoms with E-state index in [0.29, 0.717) is 6.04 Å². The molecule has 216 valence electrons. The molecular formula is C33H66NNaO2. The number of carboxylic acid groups (broad SMARTS) is 1. The molecule has 0 radical (unpaired) electrons. The van der Waals surface area contributed by atoms with Crippen LogP contribution in [0, 0.1) is 0 Å². The van der Waals surface area contributed by atoms with Crippen LogP contribution in [0.3, 0.4) is 0 Å². The molecule has 0 N–H and O–H groups in total. The minimum absolute atomic E-state index is 0. The normalized spacial score (nSPS) is 12.1. The van der Waals surface area contributed by atoms with E-state index in [9.17, 15) is 9.90 Å². The Bertz CT molecular complexity index is 418. The molecule has 4 heteroatoms. The summed E-state index contributed by atoms with van der Waals surface area (Å²) >= 11 is 0. The average molecular weight is 532 g/mol. The van der Waals surface area contributed by atoms with Gasteiger partial charge in [-0.2, -0.15) is 0 Å². The average Bonchev–Trinajstić information content (AvgIpc) is 2.87. The van der Waals surface area contributed by atoms with Crippen molar-refractivity contribution in [2.75, 3.05) is 13.1 Å². The second kappa shape index (κ2) is 32.6. The van der Waals surface area contributed by atoms with Crippen LogP contribution in [0.15, 0.2) is 0 Å². The van der Waals surface area contributed by atoms with Gasteiger partial charge in [0.1, 0.15) is 0 Å². The van der Waals surface area contributed by atoms with Gasteiger partial charge >= 0.3 is 29.6 Å². The number of aliphatic carboxylic acids is 1. The summed E-state index contributed by atoms with van der Waals surface area (Å²) in [6, 6.07) is 0.350. The molecule has 1 unspecified atom stereocenters. The van der Waals surface area contributed by atoms with E-state index < -0.39 is 5.97 Å². The molecule has 0 aliphatic rings. The van der Waals surface area contributed by atoms with Gasteiger partial charge < -0.3 is 14.8 Å². The summed E-state index contributed by atoms with van der Waals surface area (Å²) in [4.78, 5) is 13.5. The minimum atomic E-state index is -0.905. The van der Waals surface area contributed by atoms with Gasteiger partial charge in [0.25, 0.3) is 0 Å². The second-order valence-electron chi connectivity index (χ2n) is 11.6. The summed E-state index contributed by atoms with van der Waals surface area (Å²) in [6.45, 7) is 9.04. The van der Waals surface area contributed by atoms with Crippen molar-refractivity contribution in [1.29, 1.82) is 0 Å². The summed E-state index contributed by atoms with van der Waals surface area (Å²) < 4.78 is 0. The van der Waals surface area contributed by atoms with Crippen molar-refractivity contribution in [1.82, 2.24) is 4.90 Å². The van der Waals surface area contributed by atoms with Crippen LogP contribution in [-0.4, -0.2) is 30.0 Å². The molecule has 0 saturated carbocycles. The van der Waals surface area contributed by atoms with Crippen LogP contribution in [0.25, 0.3) is 0 Å². The van der Waals surface area contributed by atoms with Crippen molar-refractivity contribution >= 4 is 5.97 Å². The molecular weight excluding hydrogens is 465 g/mol. The largest absolute Gasteiger partial charge is 1.00 e. The first-order valence-electron chi connectivity index (χ1n) is 16.6. The Kier molecular flexibility index (Phi) is 34.9. The first-order chi connectivity index (χ1) is 17.6. The molecule has 0 heterocycles. The topological polar surface area (TPSA) is 43.4 Å². The predicted molar refractivity (Wildman–Crippen MR) is 157 cm³/mol. The third-order valence-corrected chi connectivity index (χ3v) is 7.99. The van der Waals surface area contributed by atoms with E-state index in [0.717, 1.165) is 19.5 Å². The fraction of sp³-hybridized carbons (Fsp3) is 0.970. The molecule has 0 aromatic rings. The zero-order valence-corrected chi connectivity index (χ0v) is 28.1. The van der Waals surface area contributed by atoms with Crippen molar-refractivity contribution in [2.45, 2.75) is 194 Å². The van der Waals surface area contributed by atoms with Gasteiger partial charge in [0.15, 0.2) is 0 Å². The Balaban J connectivity index is 0. The molecule has 0 spiro atoms. The Morgan fingerprint density at radius 2 is 0.811 bits per heavy atom. The maximum absolute atomic E-state index is 10.9. The molecule has 0 aromatic heterocycles. The first-order valence-corrected chi connectivity index (χ1v) is 16.6. The zero-order chi connectivity index (χ0) is 26.5. The van der Waals surface area contributed by atoms with Crippen LogP contribution in [0.4, 0.5) is 0 Å². The van der Waals surface area contributed by atoms with E-state index in [1.165, 1.54) is 154 Å². The van der Waals surface area contributed by atoms with Crippen LogP contribution in [0.1, 0.15) is 188 Å². The first kappa shape index (κ1) is 39.6. The van der Waals surface area contributed by atoms with E-state index in [1.54, 1.807) is 0 Å². The molecule has 1 atom stereocenters. The zero-order valence-electron chi connectivity index (χ0n) is 26.1. The maximum atomic E-state index is 10.9. The van der Waals surface area contributed by atoms with Gasteiger partial charge in [0, 0.05) is 12.0 Å². The quantitative estimate of drug-likeness (QED) is 0.0773. The molecule has 0 rings (SSSR count). The molecule has 0 aliphatic heterocycles. The molecule has 0 amide bonds. The number of carbonyl (C=O) groups is 1. The Labute approximate surface area is 256 Å². The van der Waals surface area contributed by atoms with E-state index in [4.69, 9.17) is 0 Å². The van der Waals surface area contributed by atoms with E-state index in [1.807, 2.05) is 0 Å². The third-order valence-electron chi connectivity index (χ3n) is 7.99. The number of unbranched alkanes of at least 4 members (excludes halogenated alkanes) is 22. The van der Waals surface area contributed by atoms with E-state index >= 15 is 0 Å². The Hall–Kier alpha value is 0.430. The predicted octanol–water partition coefficient (Wildman–Crippen LogP) is 6.61. The van der Waals surface area contributed by atoms with Gasteiger partial charge in [-0.1, -0.05) is 155 Å². The SMILES string of the molecule is CCCCCCCCCCCCCCN(CCCCCCCCCCCCCC)C(C)CCC(=O)[O-].[Na+]. The number of carboxylic acids is 1. The summed E-state index contributed by atoms with van der Waals surface area (Å²) in [5.41, 5.74) is 0. The Morgan fingerprint density at radius 1 is 0.541 bits per heavy atom. The monoisotopic (exact) mass is 531 g/mol. The summed E-state index contributed by atoms with van der Waals surface area (Å²) in [6.07, 6.45) is 34.1. The molecule has 3 nitrogen and oxygen atoms in total. The van der Waals surface area contributed by atoms with Crippen LogP contribution in [0.2, 0.25) is 0 Å². The van der Waals surface area contributed by atoms with Crippen LogP contribution in [-0.2, 0) is 4.79 Å². The van der Waals surface area contributed by atoms with Crippen LogP contribution < -0.4 is 34.7 Å². The van der Waals surface area contributed by atoms with Gasteiger partial charge in [-0.05, 0) is 45.7 Å². The summed E-state index contributed by atoms with van der Waals surface area (Å²) in [5, 5.41) is 10.9. The minimum Gasteiger partial charge on any atom is -0.550 e. The molecule has 0 aliphatic carbocycles. The number of rotatable bonds is 30. The van der Waals surface area contributed by atoms with Crippen molar-refractivity contribution < 1.29 is 39.5 Å². The van der Waals surface area contributed by atoms with Crippen molar-refractivity contribution in [2.24, 2.45) is 0 Å². The van der Waals surface area contributed by atoms with E-state index in [-0.39, 0.29) is 36.0 Å². The molecule has 0 bridgehead atoms. The van der Waals surface area contributed by atoms with Crippen molar-refractivity contribution in [3.8, 4) is 0 Å². The number of hydrogen-bond acceptors (Lipinski definition) is 3. The Morgan fingerprint density at radius 3 is 1.08 bits per heavy atom.